The fourth-order valence-electron chi connectivity index (χ4n) is 11.4. The maximum atomic E-state index is 12.3. The van der Waals surface area contributed by atoms with Crippen LogP contribution in [0.5, 0.6) is 0 Å². The third-order valence-corrected chi connectivity index (χ3v) is 16.7. The van der Waals surface area contributed by atoms with Gasteiger partial charge in [-0.3, -0.25) is 9.59 Å². The smallest absolute Gasteiger partial charge is 0.306 e. The summed E-state index contributed by atoms with van der Waals surface area (Å²) >= 11 is 0. The first-order valence-electron chi connectivity index (χ1n) is 35.1. The molecule has 0 saturated carbocycles. The summed E-state index contributed by atoms with van der Waals surface area (Å²) < 4.78 is 10.8. The molecule has 1 atom stereocenters. The van der Waals surface area contributed by atoms with Gasteiger partial charge in [-0.15, -0.1) is 0 Å². The number of rotatable bonds is 67. The number of aliphatic hydroxyl groups is 1. The lowest BCUT2D eigenvalue weighted by atomic mass is 10.0. The van der Waals surface area contributed by atoms with Crippen LogP contribution in [0.25, 0.3) is 0 Å². The van der Waals surface area contributed by atoms with Gasteiger partial charge in [-0.25, -0.2) is 0 Å². The zero-order valence-corrected chi connectivity index (χ0v) is 51.6. The largest absolute Gasteiger partial charge is 0.462 e. The van der Waals surface area contributed by atoms with Crippen LogP contribution in [0.15, 0.2) is 0 Å². The fraction of sp³-hybridized carbons (Fsp3) is 0.971. The molecule has 0 spiro atoms. The highest BCUT2D eigenvalue weighted by molar-refractivity contribution is 5.70. The molecule has 1 unspecified atom stereocenters. The highest BCUT2D eigenvalue weighted by Gasteiger charge is 2.16. The van der Waals surface area contributed by atoms with Gasteiger partial charge >= 0.3 is 11.9 Å². The Labute approximate surface area is 471 Å². The molecule has 0 saturated heterocycles. The monoisotopic (exact) mass is 1060 g/mol. The molecule has 0 radical (unpaired) electrons. The number of unbranched alkanes of at least 4 members (excludes halogenated alkanes) is 59. The van der Waals surface area contributed by atoms with E-state index in [0.29, 0.717) is 12.8 Å². The SMILES string of the molecule is CCCCCCCCCCCCCCCCCCCCCCCCCCCCCCCCCCCCCCCCCCC(=O)OC(CO)COC(=O)CCCCCCCCCCCCCCCCCCCCCCC. The minimum atomic E-state index is -0.765. The van der Waals surface area contributed by atoms with Gasteiger partial charge in [0.05, 0.1) is 6.61 Å². The third kappa shape index (κ3) is 65.3. The van der Waals surface area contributed by atoms with Gasteiger partial charge in [-0.05, 0) is 12.8 Å². The molecule has 0 aliphatic heterocycles. The lowest BCUT2D eigenvalue weighted by molar-refractivity contribution is -0.161. The van der Waals surface area contributed by atoms with E-state index in [4.69, 9.17) is 9.47 Å². The normalized spacial score (nSPS) is 12.0. The van der Waals surface area contributed by atoms with Gasteiger partial charge in [0.25, 0.3) is 0 Å². The van der Waals surface area contributed by atoms with Crippen molar-refractivity contribution in [3.05, 3.63) is 0 Å². The quantitative estimate of drug-likeness (QED) is 0.0485. The van der Waals surface area contributed by atoms with Gasteiger partial charge in [-0.2, -0.15) is 0 Å². The molecular weight excluding hydrogens is 921 g/mol. The summed E-state index contributed by atoms with van der Waals surface area (Å²) in [7, 11) is 0. The van der Waals surface area contributed by atoms with E-state index >= 15 is 0 Å². The zero-order valence-electron chi connectivity index (χ0n) is 51.6. The van der Waals surface area contributed by atoms with Crippen molar-refractivity contribution in [2.75, 3.05) is 13.2 Å². The molecule has 0 aromatic carbocycles. The number of esters is 2. The molecule has 0 aromatic heterocycles. The van der Waals surface area contributed by atoms with Crippen molar-refractivity contribution in [1.29, 1.82) is 0 Å². The number of carbonyl (C=O) groups is 2. The maximum absolute atomic E-state index is 12.3. The predicted octanol–water partition coefficient (Wildman–Crippen LogP) is 24.0. The van der Waals surface area contributed by atoms with E-state index in [0.717, 1.165) is 32.1 Å². The van der Waals surface area contributed by atoms with Crippen LogP contribution in [0.4, 0.5) is 0 Å². The Balaban J connectivity index is 3.32. The fourth-order valence-corrected chi connectivity index (χ4v) is 11.4. The van der Waals surface area contributed by atoms with Crippen LogP contribution in [0.1, 0.15) is 418 Å². The van der Waals surface area contributed by atoms with Gasteiger partial charge in [-0.1, -0.05) is 393 Å². The second-order valence-electron chi connectivity index (χ2n) is 24.3. The second-order valence-corrected chi connectivity index (χ2v) is 24.3. The molecule has 0 heterocycles. The lowest BCUT2D eigenvalue weighted by Gasteiger charge is -2.15. The summed E-state index contributed by atoms with van der Waals surface area (Å²) in [6.07, 6.45) is 84.5. The molecule has 0 amide bonds. The maximum Gasteiger partial charge on any atom is 0.306 e. The summed E-state index contributed by atoms with van der Waals surface area (Å²) in [5.74, 6) is -0.560. The van der Waals surface area contributed by atoms with Crippen LogP contribution in [0.2, 0.25) is 0 Å². The van der Waals surface area contributed by atoms with E-state index in [9.17, 15) is 14.7 Å². The third-order valence-electron chi connectivity index (χ3n) is 16.7. The molecule has 0 rings (SSSR count). The molecule has 75 heavy (non-hydrogen) atoms. The van der Waals surface area contributed by atoms with E-state index < -0.39 is 6.10 Å². The number of carbonyl (C=O) groups excluding carboxylic acids is 2. The van der Waals surface area contributed by atoms with Crippen LogP contribution < -0.4 is 0 Å². The zero-order chi connectivity index (χ0) is 54.1. The molecule has 0 aromatic rings. The summed E-state index contributed by atoms with van der Waals surface area (Å²) in [6, 6.07) is 0. The molecule has 5 nitrogen and oxygen atoms in total. The molecule has 448 valence electrons. The van der Waals surface area contributed by atoms with Crippen LogP contribution in [-0.4, -0.2) is 36.4 Å². The molecule has 1 N–H and O–H groups in total. The lowest BCUT2D eigenvalue weighted by Crippen LogP contribution is -2.28. The summed E-state index contributed by atoms with van der Waals surface area (Å²) in [5, 5.41) is 9.69. The summed E-state index contributed by atoms with van der Waals surface area (Å²) in [6.45, 7) is 4.22. The van der Waals surface area contributed by atoms with Crippen molar-refractivity contribution < 1.29 is 24.2 Å². The molecule has 0 aliphatic rings. The Morgan fingerprint density at radius 3 is 0.587 bits per heavy atom. The van der Waals surface area contributed by atoms with Crippen molar-refractivity contribution in [2.45, 2.75) is 424 Å². The van der Waals surface area contributed by atoms with Crippen molar-refractivity contribution >= 4 is 11.9 Å². The van der Waals surface area contributed by atoms with Crippen molar-refractivity contribution in [3.8, 4) is 0 Å². The number of ether oxygens (including phenoxy) is 2. The molecule has 0 fully saturated rings. The number of hydrogen-bond donors (Lipinski definition) is 1. The number of aliphatic hydroxyl groups excluding tert-OH is 1. The van der Waals surface area contributed by atoms with Crippen LogP contribution in [0.3, 0.4) is 0 Å². The van der Waals surface area contributed by atoms with Gasteiger partial charge in [0.2, 0.25) is 0 Å². The first-order valence-corrected chi connectivity index (χ1v) is 35.1. The van der Waals surface area contributed by atoms with Crippen LogP contribution in [0, 0.1) is 0 Å². The Kier molecular flexibility index (Phi) is 66.2. The Hall–Kier alpha value is -1.10. The summed E-state index contributed by atoms with van der Waals surface area (Å²) in [5.41, 5.74) is 0. The molecule has 5 heteroatoms. The minimum Gasteiger partial charge on any atom is -0.462 e. The van der Waals surface area contributed by atoms with E-state index in [1.165, 1.54) is 360 Å². The van der Waals surface area contributed by atoms with E-state index in [1.807, 2.05) is 0 Å². The molecular formula is C70H138O5. The minimum absolute atomic E-state index is 0.0555. The standard InChI is InChI=1S/C70H138O5/c1-3-5-7-9-11-13-15-17-19-21-23-25-26-27-28-29-30-31-32-33-34-35-36-37-38-39-40-41-42-43-45-47-49-51-53-55-57-59-61-63-65-70(73)75-68(66-71)67-74-69(72)64-62-60-58-56-54-52-50-48-46-44-24-22-20-18-16-14-12-10-8-6-4-2/h68,71H,3-67H2,1-2H3. The van der Waals surface area contributed by atoms with Gasteiger partial charge < -0.3 is 14.6 Å². The first kappa shape index (κ1) is 73.9. The van der Waals surface area contributed by atoms with Crippen molar-refractivity contribution in [1.82, 2.24) is 0 Å². The van der Waals surface area contributed by atoms with Crippen molar-refractivity contribution in [3.63, 3.8) is 0 Å². The van der Waals surface area contributed by atoms with E-state index in [2.05, 4.69) is 13.8 Å². The second kappa shape index (κ2) is 67.2. The van der Waals surface area contributed by atoms with Crippen molar-refractivity contribution in [2.24, 2.45) is 0 Å². The number of hydrogen-bond acceptors (Lipinski definition) is 5. The Bertz CT molecular complexity index is 1060. The topological polar surface area (TPSA) is 72.8 Å². The highest BCUT2D eigenvalue weighted by Crippen LogP contribution is 2.20. The van der Waals surface area contributed by atoms with E-state index in [1.54, 1.807) is 0 Å². The Morgan fingerprint density at radius 1 is 0.253 bits per heavy atom. The van der Waals surface area contributed by atoms with Gasteiger partial charge in [0.15, 0.2) is 6.10 Å². The molecule has 0 bridgehead atoms. The Morgan fingerprint density at radius 2 is 0.413 bits per heavy atom. The average molecular weight is 1060 g/mol. The van der Waals surface area contributed by atoms with Gasteiger partial charge in [0.1, 0.15) is 6.61 Å². The van der Waals surface area contributed by atoms with Gasteiger partial charge in [0, 0.05) is 12.8 Å². The predicted molar refractivity (Wildman–Crippen MR) is 330 cm³/mol. The van der Waals surface area contributed by atoms with E-state index in [-0.39, 0.29) is 25.2 Å². The molecule has 0 aliphatic carbocycles. The average Bonchev–Trinajstić information content (AvgIpc) is 3.41. The summed E-state index contributed by atoms with van der Waals surface area (Å²) in [4.78, 5) is 24.6. The van der Waals surface area contributed by atoms with Crippen LogP contribution >= 0.6 is 0 Å². The highest BCUT2D eigenvalue weighted by atomic mass is 16.6. The van der Waals surface area contributed by atoms with Crippen LogP contribution in [-0.2, 0) is 19.1 Å². The first-order chi connectivity index (χ1) is 37.1.